The highest BCUT2D eigenvalue weighted by Crippen LogP contribution is 2.32. The molecule has 1 aromatic rings. The highest BCUT2D eigenvalue weighted by atomic mass is 16.6. The van der Waals surface area contributed by atoms with Crippen LogP contribution >= 0.6 is 0 Å². The van der Waals surface area contributed by atoms with E-state index in [1.807, 2.05) is 12.1 Å². The molecule has 0 radical (unpaired) electrons. The van der Waals surface area contributed by atoms with Gasteiger partial charge in [0.15, 0.2) is 0 Å². The summed E-state index contributed by atoms with van der Waals surface area (Å²) in [6.07, 6.45) is 3.73. The zero-order valence-electron chi connectivity index (χ0n) is 13.4. The maximum atomic E-state index is 12.1. The Labute approximate surface area is 136 Å². The van der Waals surface area contributed by atoms with Crippen LogP contribution in [0.4, 0.5) is 10.5 Å². The Morgan fingerprint density at radius 2 is 2.17 bits per heavy atom. The molecule has 5 heteroatoms. The summed E-state index contributed by atoms with van der Waals surface area (Å²) in [7, 11) is 0. The molecular formula is C18H22N2O3. The van der Waals surface area contributed by atoms with Crippen molar-refractivity contribution in [2.75, 3.05) is 18.0 Å². The molecule has 1 atom stereocenters. The molecule has 122 valence electrons. The third kappa shape index (κ3) is 3.38. The molecule has 0 spiro atoms. The number of nitrogens with one attached hydrogen (secondary N) is 1. The second kappa shape index (κ2) is 6.44. The van der Waals surface area contributed by atoms with E-state index in [2.05, 4.69) is 18.0 Å². The van der Waals surface area contributed by atoms with E-state index in [0.29, 0.717) is 13.1 Å². The summed E-state index contributed by atoms with van der Waals surface area (Å²) in [5.74, 6) is -0.124. The minimum Gasteiger partial charge on any atom is -0.442 e. The van der Waals surface area contributed by atoms with Crippen LogP contribution in [0.1, 0.15) is 37.3 Å². The molecule has 2 aliphatic rings. The zero-order chi connectivity index (χ0) is 16.4. The van der Waals surface area contributed by atoms with E-state index in [9.17, 15) is 9.59 Å². The number of hydrogen-bond acceptors (Lipinski definition) is 3. The fourth-order valence-electron chi connectivity index (χ4n) is 3.16. The molecule has 1 aliphatic heterocycles. The number of carbonyl (C=O) groups is 2. The Hall–Kier alpha value is -2.30. The van der Waals surface area contributed by atoms with Crippen molar-refractivity contribution in [3.05, 3.63) is 35.9 Å². The topological polar surface area (TPSA) is 58.6 Å². The number of anilines is 1. The third-order valence-electron chi connectivity index (χ3n) is 4.41. The van der Waals surface area contributed by atoms with Crippen LogP contribution in [-0.4, -0.2) is 31.2 Å². The Bertz CT molecular complexity index is 654. The summed E-state index contributed by atoms with van der Waals surface area (Å²) < 4.78 is 5.32. The molecule has 0 bridgehead atoms. The predicted octanol–water partition coefficient (Wildman–Crippen LogP) is 2.89. The second-order valence-electron chi connectivity index (χ2n) is 6.21. The summed E-state index contributed by atoms with van der Waals surface area (Å²) in [6.45, 7) is 6.43. The highest BCUT2D eigenvalue weighted by Gasteiger charge is 2.32. The van der Waals surface area contributed by atoms with Gasteiger partial charge in [0, 0.05) is 12.6 Å². The second-order valence-corrected chi connectivity index (χ2v) is 6.21. The average Bonchev–Trinajstić information content (AvgIpc) is 2.80. The van der Waals surface area contributed by atoms with Crippen LogP contribution in [0.2, 0.25) is 0 Å². The van der Waals surface area contributed by atoms with E-state index in [0.717, 1.165) is 36.1 Å². The number of amides is 2. The van der Waals surface area contributed by atoms with Crippen LogP contribution < -0.4 is 10.2 Å². The maximum Gasteiger partial charge on any atom is 0.414 e. The van der Waals surface area contributed by atoms with Gasteiger partial charge in [-0.05, 0) is 54.5 Å². The fourth-order valence-corrected chi connectivity index (χ4v) is 3.16. The van der Waals surface area contributed by atoms with Crippen LogP contribution in [0.15, 0.2) is 24.8 Å². The van der Waals surface area contributed by atoms with Crippen molar-refractivity contribution < 1.29 is 14.3 Å². The molecule has 1 unspecified atom stereocenters. The first kappa shape index (κ1) is 15.6. The van der Waals surface area contributed by atoms with Gasteiger partial charge in [-0.25, -0.2) is 4.79 Å². The van der Waals surface area contributed by atoms with Gasteiger partial charge in [0.25, 0.3) is 0 Å². The monoisotopic (exact) mass is 314 g/mol. The minimum absolute atomic E-state index is 0.124. The van der Waals surface area contributed by atoms with Gasteiger partial charge in [-0.3, -0.25) is 9.69 Å². The number of aryl methyl sites for hydroxylation is 1. The van der Waals surface area contributed by atoms with Gasteiger partial charge in [0.05, 0.1) is 13.1 Å². The standard InChI is InChI=1S/C18H22N2O3/c1-12-5-3-4-6-14-7-8-15(9-17(12)14)20-11-16(23-18(20)22)10-19-13(2)21/h7-9,16H,1,3-6,10-11H2,2H3,(H,19,21). The minimum atomic E-state index is -0.362. The number of fused-ring (bicyclic) bond motifs is 1. The first-order valence-corrected chi connectivity index (χ1v) is 8.08. The number of nitrogens with zero attached hydrogens (tertiary/aromatic N) is 1. The lowest BCUT2D eigenvalue weighted by Gasteiger charge is -2.16. The van der Waals surface area contributed by atoms with Crippen molar-refractivity contribution in [2.24, 2.45) is 0 Å². The quantitative estimate of drug-likeness (QED) is 0.873. The lowest BCUT2D eigenvalue weighted by Crippen LogP contribution is -2.33. The van der Waals surface area contributed by atoms with E-state index in [1.54, 1.807) is 4.90 Å². The van der Waals surface area contributed by atoms with Crippen LogP contribution in [0, 0.1) is 0 Å². The smallest absolute Gasteiger partial charge is 0.414 e. The predicted molar refractivity (Wildman–Crippen MR) is 89.3 cm³/mol. The fraction of sp³-hybridized carbons (Fsp3) is 0.444. The largest absolute Gasteiger partial charge is 0.442 e. The van der Waals surface area contributed by atoms with Gasteiger partial charge in [0.1, 0.15) is 6.10 Å². The molecule has 1 fully saturated rings. The van der Waals surface area contributed by atoms with Crippen LogP contribution in [0.3, 0.4) is 0 Å². The van der Waals surface area contributed by atoms with Crippen molar-refractivity contribution in [1.29, 1.82) is 0 Å². The van der Waals surface area contributed by atoms with Gasteiger partial charge in [-0.1, -0.05) is 12.6 Å². The van der Waals surface area contributed by atoms with Gasteiger partial charge in [0.2, 0.25) is 5.91 Å². The molecule has 2 amide bonds. The highest BCUT2D eigenvalue weighted by molar-refractivity contribution is 5.90. The van der Waals surface area contributed by atoms with Crippen molar-refractivity contribution in [2.45, 2.75) is 38.7 Å². The van der Waals surface area contributed by atoms with Crippen molar-refractivity contribution in [3.8, 4) is 0 Å². The summed E-state index contributed by atoms with van der Waals surface area (Å²) in [5, 5.41) is 2.69. The molecule has 0 saturated carbocycles. The van der Waals surface area contributed by atoms with E-state index >= 15 is 0 Å². The normalized spacial score (nSPS) is 20.7. The number of allylic oxidation sites excluding steroid dienone is 1. The number of ether oxygens (including phenoxy) is 1. The van der Waals surface area contributed by atoms with Crippen LogP contribution in [0.5, 0.6) is 0 Å². The Kier molecular flexibility index (Phi) is 4.37. The number of rotatable bonds is 3. The maximum absolute atomic E-state index is 12.1. The molecule has 1 aliphatic carbocycles. The number of cyclic esters (lactones) is 1. The SMILES string of the molecule is C=C1CCCCc2ccc(N3CC(CNC(C)=O)OC3=O)cc21. The van der Waals surface area contributed by atoms with E-state index < -0.39 is 0 Å². The van der Waals surface area contributed by atoms with Gasteiger partial charge in [-0.15, -0.1) is 0 Å². The summed E-state index contributed by atoms with van der Waals surface area (Å²) in [4.78, 5) is 24.7. The molecule has 1 aromatic carbocycles. The van der Waals surface area contributed by atoms with E-state index in [-0.39, 0.29) is 18.1 Å². The molecule has 0 aromatic heterocycles. The van der Waals surface area contributed by atoms with Crippen LogP contribution in [-0.2, 0) is 16.0 Å². The van der Waals surface area contributed by atoms with Crippen molar-refractivity contribution in [3.63, 3.8) is 0 Å². The number of hydrogen-bond donors (Lipinski definition) is 1. The summed E-state index contributed by atoms with van der Waals surface area (Å²) in [6, 6.07) is 6.11. The average molecular weight is 314 g/mol. The Balaban J connectivity index is 1.78. The lowest BCUT2D eigenvalue weighted by atomic mass is 9.98. The molecule has 23 heavy (non-hydrogen) atoms. The van der Waals surface area contributed by atoms with E-state index in [4.69, 9.17) is 4.74 Å². The Morgan fingerprint density at radius 1 is 1.39 bits per heavy atom. The molecule has 1 saturated heterocycles. The summed E-state index contributed by atoms with van der Waals surface area (Å²) in [5.41, 5.74) is 4.44. The molecular weight excluding hydrogens is 292 g/mol. The van der Waals surface area contributed by atoms with Gasteiger partial charge in [-0.2, -0.15) is 0 Å². The van der Waals surface area contributed by atoms with E-state index in [1.165, 1.54) is 18.9 Å². The first-order valence-electron chi connectivity index (χ1n) is 8.08. The zero-order valence-corrected chi connectivity index (χ0v) is 13.4. The van der Waals surface area contributed by atoms with Gasteiger partial charge >= 0.3 is 6.09 Å². The van der Waals surface area contributed by atoms with Crippen molar-refractivity contribution >= 4 is 23.3 Å². The number of benzene rings is 1. The van der Waals surface area contributed by atoms with Crippen LogP contribution in [0.25, 0.3) is 5.57 Å². The molecule has 3 rings (SSSR count). The molecule has 1 heterocycles. The first-order chi connectivity index (χ1) is 11.0. The third-order valence-corrected chi connectivity index (χ3v) is 4.41. The molecule has 5 nitrogen and oxygen atoms in total. The van der Waals surface area contributed by atoms with Gasteiger partial charge < -0.3 is 10.1 Å². The van der Waals surface area contributed by atoms with Crippen molar-refractivity contribution in [1.82, 2.24) is 5.32 Å². The molecule has 1 N–H and O–H groups in total. The number of carbonyl (C=O) groups excluding carboxylic acids is 2. The Morgan fingerprint density at radius 3 is 2.96 bits per heavy atom. The lowest BCUT2D eigenvalue weighted by molar-refractivity contribution is -0.119. The summed E-state index contributed by atoms with van der Waals surface area (Å²) >= 11 is 0.